The largest absolute Gasteiger partial charge is 0.385 e. The van der Waals surface area contributed by atoms with Crippen molar-refractivity contribution in [3.8, 4) is 0 Å². The summed E-state index contributed by atoms with van der Waals surface area (Å²) in [5, 5.41) is 9.44. The summed E-state index contributed by atoms with van der Waals surface area (Å²) in [4.78, 5) is 11.2. The van der Waals surface area contributed by atoms with Gasteiger partial charge in [-0.15, -0.1) is 0 Å². The zero-order valence-corrected chi connectivity index (χ0v) is 7.78. The van der Waals surface area contributed by atoms with Crippen LogP contribution in [0.3, 0.4) is 0 Å². The fourth-order valence-corrected chi connectivity index (χ4v) is 1.99. The van der Waals surface area contributed by atoms with E-state index in [1.54, 1.807) is 7.11 Å². The maximum absolute atomic E-state index is 11.2. The van der Waals surface area contributed by atoms with Crippen molar-refractivity contribution in [3.05, 3.63) is 0 Å². The number of aliphatic hydroxyl groups is 1. The highest BCUT2D eigenvalue weighted by Gasteiger charge is 2.38. The normalized spacial score (nSPS) is 43.2. The number of ketones is 1. The van der Waals surface area contributed by atoms with Gasteiger partial charge in [-0.05, 0) is 5.92 Å². The fraction of sp³-hybridized carbons (Fsp3) is 0.889. The first kappa shape index (κ1) is 9.68. The Hall–Kier alpha value is -0.410. The lowest BCUT2D eigenvalue weighted by Gasteiger charge is -2.35. The van der Waals surface area contributed by atoms with Crippen molar-refractivity contribution in [3.63, 3.8) is 0 Å². The molecule has 1 saturated carbocycles. The van der Waals surface area contributed by atoms with Gasteiger partial charge in [0.15, 0.2) is 5.78 Å². The number of ether oxygens (including phenoxy) is 1. The molecule has 0 amide bonds. The third kappa shape index (κ3) is 1.52. The van der Waals surface area contributed by atoms with Gasteiger partial charge in [-0.3, -0.25) is 4.79 Å². The zero-order chi connectivity index (χ0) is 9.30. The van der Waals surface area contributed by atoms with Crippen molar-refractivity contribution >= 4 is 5.78 Å². The molecule has 70 valence electrons. The molecule has 0 spiro atoms. The van der Waals surface area contributed by atoms with Gasteiger partial charge in [-0.1, -0.05) is 13.8 Å². The Morgan fingerprint density at radius 3 is 2.58 bits per heavy atom. The molecule has 0 saturated heterocycles. The van der Waals surface area contributed by atoms with Crippen LogP contribution in [-0.2, 0) is 9.53 Å². The first-order chi connectivity index (χ1) is 5.57. The summed E-state index contributed by atoms with van der Waals surface area (Å²) in [5.41, 5.74) is 0. The number of carbonyl (C=O) groups is 1. The highest BCUT2D eigenvalue weighted by molar-refractivity contribution is 5.84. The van der Waals surface area contributed by atoms with E-state index in [2.05, 4.69) is 0 Å². The van der Waals surface area contributed by atoms with Crippen LogP contribution in [0.1, 0.15) is 20.3 Å². The molecule has 0 aliphatic heterocycles. The molecular formula is C9H16O3. The van der Waals surface area contributed by atoms with E-state index in [4.69, 9.17) is 4.74 Å². The topological polar surface area (TPSA) is 46.5 Å². The van der Waals surface area contributed by atoms with Gasteiger partial charge in [-0.25, -0.2) is 0 Å². The van der Waals surface area contributed by atoms with Gasteiger partial charge in [-0.2, -0.15) is 0 Å². The quantitative estimate of drug-likeness (QED) is 0.630. The Bertz CT molecular complexity index is 179. The number of aliphatic hydroxyl groups excluding tert-OH is 1. The minimum absolute atomic E-state index is 0.0118. The minimum atomic E-state index is -0.828. The molecule has 1 rings (SSSR count). The lowest BCUT2D eigenvalue weighted by atomic mass is 9.78. The highest BCUT2D eigenvalue weighted by Crippen LogP contribution is 2.28. The van der Waals surface area contributed by atoms with Crippen LogP contribution >= 0.6 is 0 Å². The van der Waals surface area contributed by atoms with Crippen molar-refractivity contribution in [2.45, 2.75) is 32.5 Å². The van der Waals surface area contributed by atoms with Crippen molar-refractivity contribution in [1.29, 1.82) is 0 Å². The van der Waals surface area contributed by atoms with E-state index in [-0.39, 0.29) is 23.7 Å². The number of hydrogen-bond acceptors (Lipinski definition) is 3. The van der Waals surface area contributed by atoms with E-state index in [0.717, 1.165) is 0 Å². The molecule has 0 aromatic rings. The van der Waals surface area contributed by atoms with E-state index in [0.29, 0.717) is 6.42 Å². The average Bonchev–Trinajstić information content (AvgIpc) is 2.01. The Morgan fingerprint density at radius 1 is 1.50 bits per heavy atom. The van der Waals surface area contributed by atoms with Crippen molar-refractivity contribution in [1.82, 2.24) is 0 Å². The van der Waals surface area contributed by atoms with Crippen LogP contribution in [0.4, 0.5) is 0 Å². The Morgan fingerprint density at radius 2 is 2.08 bits per heavy atom. The monoisotopic (exact) mass is 172 g/mol. The third-order valence-electron chi connectivity index (χ3n) is 2.70. The molecule has 0 radical (unpaired) electrons. The van der Waals surface area contributed by atoms with Gasteiger partial charge in [0.1, 0.15) is 6.10 Å². The zero-order valence-electron chi connectivity index (χ0n) is 7.78. The molecule has 0 heterocycles. The predicted octanol–water partition coefficient (Wildman–Crippen LogP) is 0.607. The number of carbonyl (C=O) groups excluding carboxylic acids is 1. The van der Waals surface area contributed by atoms with E-state index in [9.17, 15) is 9.90 Å². The van der Waals surface area contributed by atoms with Gasteiger partial charge in [0.25, 0.3) is 0 Å². The molecule has 1 aliphatic carbocycles. The lowest BCUT2D eigenvalue weighted by Crippen LogP contribution is -2.46. The molecule has 3 nitrogen and oxygen atoms in total. The molecule has 1 fully saturated rings. The van der Waals surface area contributed by atoms with E-state index in [1.165, 1.54) is 0 Å². The van der Waals surface area contributed by atoms with Crippen LogP contribution in [0.25, 0.3) is 0 Å². The summed E-state index contributed by atoms with van der Waals surface area (Å²) in [6.07, 6.45) is -0.381. The third-order valence-corrected chi connectivity index (χ3v) is 2.70. The predicted molar refractivity (Wildman–Crippen MR) is 44.8 cm³/mol. The Balaban J connectivity index is 2.72. The maximum Gasteiger partial charge on any atom is 0.162 e. The Kier molecular flexibility index (Phi) is 2.85. The number of Topliss-reactive ketones (excluding diaryl/α,β-unsaturated/α-hetero) is 1. The number of rotatable bonds is 1. The van der Waals surface area contributed by atoms with Gasteiger partial charge in [0.05, 0.1) is 6.10 Å². The summed E-state index contributed by atoms with van der Waals surface area (Å²) >= 11 is 0. The second-order valence-corrected chi connectivity index (χ2v) is 3.65. The van der Waals surface area contributed by atoms with Crippen molar-refractivity contribution in [2.75, 3.05) is 7.11 Å². The van der Waals surface area contributed by atoms with Gasteiger partial charge in [0, 0.05) is 19.4 Å². The van der Waals surface area contributed by atoms with Gasteiger partial charge >= 0.3 is 0 Å². The molecule has 0 unspecified atom stereocenters. The van der Waals surface area contributed by atoms with Crippen LogP contribution in [0.15, 0.2) is 0 Å². The van der Waals surface area contributed by atoms with E-state index < -0.39 is 6.10 Å². The number of hydrogen-bond donors (Lipinski definition) is 1. The van der Waals surface area contributed by atoms with E-state index in [1.807, 2.05) is 13.8 Å². The smallest absolute Gasteiger partial charge is 0.162 e. The maximum atomic E-state index is 11.2. The summed E-state index contributed by atoms with van der Waals surface area (Å²) in [6, 6.07) is 0. The van der Waals surface area contributed by atoms with Crippen molar-refractivity contribution in [2.24, 2.45) is 11.8 Å². The van der Waals surface area contributed by atoms with Crippen molar-refractivity contribution < 1.29 is 14.6 Å². The Labute approximate surface area is 72.7 Å². The van der Waals surface area contributed by atoms with E-state index >= 15 is 0 Å². The molecule has 12 heavy (non-hydrogen) atoms. The second kappa shape index (κ2) is 3.54. The lowest BCUT2D eigenvalue weighted by molar-refractivity contribution is -0.143. The van der Waals surface area contributed by atoms with Crippen LogP contribution in [0.5, 0.6) is 0 Å². The first-order valence-electron chi connectivity index (χ1n) is 4.31. The van der Waals surface area contributed by atoms with Crippen LogP contribution in [0, 0.1) is 11.8 Å². The minimum Gasteiger partial charge on any atom is -0.385 e. The highest BCUT2D eigenvalue weighted by atomic mass is 16.5. The summed E-state index contributed by atoms with van der Waals surface area (Å²) in [7, 11) is 1.63. The molecule has 1 N–H and O–H groups in total. The van der Waals surface area contributed by atoms with Gasteiger partial charge < -0.3 is 9.84 Å². The van der Waals surface area contributed by atoms with Crippen LogP contribution < -0.4 is 0 Å². The fourth-order valence-electron chi connectivity index (χ4n) is 1.99. The SMILES string of the molecule is CO[C@H]1[C@@H](C)[C@@H](O)C(=O)C[C@@H]1C. The standard InChI is InChI=1S/C9H16O3/c1-5-4-7(10)8(11)6(2)9(5)12-3/h5-6,8-9,11H,4H2,1-3H3/t5-,6-,8+,9+/m0/s1. The molecule has 3 heteroatoms. The molecule has 0 aromatic carbocycles. The van der Waals surface area contributed by atoms with Crippen LogP contribution in [-0.4, -0.2) is 30.2 Å². The molecule has 4 atom stereocenters. The number of methoxy groups -OCH3 is 1. The van der Waals surface area contributed by atoms with Gasteiger partial charge in [0.2, 0.25) is 0 Å². The first-order valence-corrected chi connectivity index (χ1v) is 4.31. The van der Waals surface area contributed by atoms with Crippen LogP contribution in [0.2, 0.25) is 0 Å². The summed E-state index contributed by atoms with van der Waals surface area (Å²) < 4.78 is 5.22. The molecule has 0 aromatic heterocycles. The molecular weight excluding hydrogens is 156 g/mol. The molecule has 1 aliphatic rings. The average molecular weight is 172 g/mol. The second-order valence-electron chi connectivity index (χ2n) is 3.65. The summed E-state index contributed by atoms with van der Waals surface area (Å²) in [6.45, 7) is 3.83. The molecule has 0 bridgehead atoms. The summed E-state index contributed by atoms with van der Waals surface area (Å²) in [5.74, 6) is 0.0930.